The molecule has 0 spiro atoms. The molecular weight excluding hydrogens is 393 g/mol. The van der Waals surface area contributed by atoms with Crippen LogP contribution in [0.25, 0.3) is 5.57 Å². The monoisotopic (exact) mass is 419 g/mol. The summed E-state index contributed by atoms with van der Waals surface area (Å²) in [5, 5.41) is 0. The maximum atomic E-state index is 13.5. The van der Waals surface area contributed by atoms with E-state index in [2.05, 4.69) is 4.90 Å². The number of imide groups is 1. The second-order valence-corrected chi connectivity index (χ2v) is 8.43. The Morgan fingerprint density at radius 3 is 1.81 bits per heavy atom. The number of amides is 2. The molecule has 2 amide bonds. The van der Waals surface area contributed by atoms with Crippen LogP contribution in [0.5, 0.6) is 0 Å². The molecule has 0 unspecified atom stereocenters. The van der Waals surface area contributed by atoms with Crippen LogP contribution < -0.4 is 9.80 Å². The Kier molecular flexibility index (Phi) is 5.22. The number of piperidine rings is 1. The van der Waals surface area contributed by atoms with Crippen molar-refractivity contribution in [2.75, 3.05) is 36.0 Å². The summed E-state index contributed by atoms with van der Waals surface area (Å²) in [6.45, 7) is 3.58. The van der Waals surface area contributed by atoms with Crippen molar-refractivity contribution in [3.8, 4) is 0 Å². The normalized spacial score (nSPS) is 19.7. The number of carbonyl (C=O) groups excluding carboxylic acids is 2. The first-order valence-electron chi connectivity index (χ1n) is 11.1. The Bertz CT molecular complexity index is 1020. The van der Waals surface area contributed by atoms with Gasteiger partial charge in [0.05, 0.1) is 11.3 Å². The molecule has 2 aromatic carbocycles. The van der Waals surface area contributed by atoms with Gasteiger partial charge in [0.25, 0.3) is 11.8 Å². The zero-order valence-electron chi connectivity index (χ0n) is 17.5. The number of hydrogen-bond acceptors (Lipinski definition) is 4. The van der Waals surface area contributed by atoms with Crippen molar-refractivity contribution in [2.45, 2.75) is 32.1 Å². The largest absolute Gasteiger partial charge is 0.372 e. The molecule has 0 aliphatic carbocycles. The molecule has 2 aromatic rings. The van der Waals surface area contributed by atoms with Crippen molar-refractivity contribution in [1.82, 2.24) is 4.90 Å². The molecule has 31 heavy (non-hydrogen) atoms. The highest BCUT2D eigenvalue weighted by Gasteiger charge is 2.43. The number of hydrogen-bond donors (Lipinski definition) is 0. The molecule has 3 aliphatic heterocycles. The van der Waals surface area contributed by atoms with Crippen molar-refractivity contribution in [3.05, 3.63) is 65.6 Å². The molecule has 6 heteroatoms. The van der Waals surface area contributed by atoms with Crippen LogP contribution >= 0.6 is 0 Å². The van der Waals surface area contributed by atoms with Crippen molar-refractivity contribution in [2.24, 2.45) is 0 Å². The quantitative estimate of drug-likeness (QED) is 0.697. The lowest BCUT2D eigenvalue weighted by Crippen LogP contribution is -2.34. The molecule has 2 saturated heterocycles. The summed E-state index contributed by atoms with van der Waals surface area (Å²) in [5.74, 6) is -1.00. The fourth-order valence-corrected chi connectivity index (χ4v) is 4.83. The minimum atomic E-state index is -0.367. The molecule has 0 N–H and O–H groups in total. The highest BCUT2D eigenvalue weighted by Crippen LogP contribution is 2.36. The summed E-state index contributed by atoms with van der Waals surface area (Å²) < 4.78 is 13.5. The van der Waals surface area contributed by atoms with Gasteiger partial charge in [-0.3, -0.25) is 9.59 Å². The molecule has 0 atom stereocenters. The highest BCUT2D eigenvalue weighted by molar-refractivity contribution is 6.45. The van der Waals surface area contributed by atoms with Gasteiger partial charge in [0.15, 0.2) is 0 Å². The van der Waals surface area contributed by atoms with Crippen LogP contribution in [-0.4, -0.2) is 42.9 Å². The molecule has 5 rings (SSSR count). The minimum Gasteiger partial charge on any atom is -0.372 e. The van der Waals surface area contributed by atoms with Crippen LogP contribution in [-0.2, 0) is 9.59 Å². The van der Waals surface area contributed by atoms with Gasteiger partial charge in [0, 0.05) is 31.9 Å². The Hall–Kier alpha value is -3.15. The lowest BCUT2D eigenvalue weighted by Gasteiger charge is -2.29. The molecule has 160 valence electrons. The molecule has 0 radical (unpaired) electrons. The lowest BCUT2D eigenvalue weighted by molar-refractivity contribution is -0.120. The fourth-order valence-electron chi connectivity index (χ4n) is 4.83. The Morgan fingerprint density at radius 1 is 0.613 bits per heavy atom. The third kappa shape index (κ3) is 3.60. The summed E-state index contributed by atoms with van der Waals surface area (Å²) in [7, 11) is 0. The topological polar surface area (TPSA) is 43.9 Å². The lowest BCUT2D eigenvalue weighted by atomic mass is 10.0. The van der Waals surface area contributed by atoms with Gasteiger partial charge in [-0.05, 0) is 74.1 Å². The number of anilines is 2. The van der Waals surface area contributed by atoms with Crippen molar-refractivity contribution < 1.29 is 14.0 Å². The SMILES string of the molecule is O=C1C(c2ccc(F)cc2)=C(N2CCCC2)C(=O)N1c1ccc(N2CCCCC2)cc1. The zero-order chi connectivity index (χ0) is 21.4. The Morgan fingerprint density at radius 2 is 1.16 bits per heavy atom. The average Bonchev–Trinajstić information content (AvgIpc) is 3.41. The van der Waals surface area contributed by atoms with E-state index >= 15 is 0 Å². The number of benzene rings is 2. The molecule has 2 fully saturated rings. The van der Waals surface area contributed by atoms with E-state index in [1.165, 1.54) is 36.3 Å². The highest BCUT2D eigenvalue weighted by atomic mass is 19.1. The van der Waals surface area contributed by atoms with E-state index < -0.39 is 0 Å². The number of rotatable bonds is 4. The molecular formula is C25H26FN3O2. The van der Waals surface area contributed by atoms with Gasteiger partial charge in [-0.15, -0.1) is 0 Å². The molecule has 3 heterocycles. The predicted octanol–water partition coefficient (Wildman–Crippen LogP) is 4.20. The van der Waals surface area contributed by atoms with Gasteiger partial charge in [-0.25, -0.2) is 9.29 Å². The van der Waals surface area contributed by atoms with E-state index in [0.717, 1.165) is 44.7 Å². The summed E-state index contributed by atoms with van der Waals surface area (Å²) in [6, 6.07) is 13.5. The number of nitrogens with zero attached hydrogens (tertiary/aromatic N) is 3. The Balaban J connectivity index is 1.49. The summed E-state index contributed by atoms with van der Waals surface area (Å²) in [6.07, 6.45) is 5.63. The summed E-state index contributed by atoms with van der Waals surface area (Å²) >= 11 is 0. The maximum Gasteiger partial charge on any atom is 0.282 e. The van der Waals surface area contributed by atoms with Gasteiger partial charge in [-0.1, -0.05) is 12.1 Å². The van der Waals surface area contributed by atoms with E-state index in [0.29, 0.717) is 22.5 Å². The molecule has 0 aromatic heterocycles. The molecule has 5 nitrogen and oxygen atoms in total. The second kappa shape index (κ2) is 8.17. The number of carbonyl (C=O) groups is 2. The van der Waals surface area contributed by atoms with Gasteiger partial charge in [-0.2, -0.15) is 0 Å². The smallest absolute Gasteiger partial charge is 0.282 e. The second-order valence-electron chi connectivity index (χ2n) is 8.43. The minimum absolute atomic E-state index is 0.294. The maximum absolute atomic E-state index is 13.5. The van der Waals surface area contributed by atoms with E-state index in [9.17, 15) is 14.0 Å². The first-order valence-corrected chi connectivity index (χ1v) is 11.1. The fraction of sp³-hybridized carbons (Fsp3) is 0.360. The third-order valence-electron chi connectivity index (χ3n) is 6.44. The van der Waals surface area contributed by atoms with Crippen molar-refractivity contribution in [3.63, 3.8) is 0 Å². The molecule has 3 aliphatic rings. The third-order valence-corrected chi connectivity index (χ3v) is 6.44. The van der Waals surface area contributed by atoms with E-state index in [1.54, 1.807) is 12.1 Å². The van der Waals surface area contributed by atoms with E-state index in [-0.39, 0.29) is 17.6 Å². The standard InChI is InChI=1S/C25H26FN3O2/c26-19-8-6-18(7-9-19)22-23(28-16-4-5-17-28)25(31)29(24(22)30)21-12-10-20(11-13-21)27-14-2-1-3-15-27/h6-13H,1-5,14-17H2. The van der Waals surface area contributed by atoms with Crippen LogP contribution in [0.1, 0.15) is 37.7 Å². The number of likely N-dealkylation sites (tertiary alicyclic amines) is 1. The van der Waals surface area contributed by atoms with Gasteiger partial charge < -0.3 is 9.80 Å². The average molecular weight is 420 g/mol. The predicted molar refractivity (Wildman–Crippen MR) is 119 cm³/mol. The van der Waals surface area contributed by atoms with Gasteiger partial charge >= 0.3 is 0 Å². The van der Waals surface area contributed by atoms with Crippen LogP contribution in [0.3, 0.4) is 0 Å². The van der Waals surface area contributed by atoms with Crippen molar-refractivity contribution in [1.29, 1.82) is 0 Å². The van der Waals surface area contributed by atoms with Gasteiger partial charge in [0.2, 0.25) is 0 Å². The van der Waals surface area contributed by atoms with Gasteiger partial charge in [0.1, 0.15) is 11.5 Å². The summed E-state index contributed by atoms with van der Waals surface area (Å²) in [5.41, 5.74) is 3.08. The molecule has 0 saturated carbocycles. The zero-order valence-corrected chi connectivity index (χ0v) is 17.5. The van der Waals surface area contributed by atoms with Crippen LogP contribution in [0, 0.1) is 5.82 Å². The Labute approximate surface area is 181 Å². The first kappa shape index (κ1) is 19.8. The van der Waals surface area contributed by atoms with E-state index in [4.69, 9.17) is 0 Å². The van der Waals surface area contributed by atoms with E-state index in [1.807, 2.05) is 29.2 Å². The van der Waals surface area contributed by atoms with Crippen LogP contribution in [0.15, 0.2) is 54.2 Å². The van der Waals surface area contributed by atoms with Crippen LogP contribution in [0.4, 0.5) is 15.8 Å². The summed E-state index contributed by atoms with van der Waals surface area (Å²) in [4.78, 5) is 32.6. The number of halogens is 1. The molecule has 0 bridgehead atoms. The van der Waals surface area contributed by atoms with Crippen LogP contribution in [0.2, 0.25) is 0 Å². The van der Waals surface area contributed by atoms with Crippen molar-refractivity contribution >= 4 is 28.8 Å². The first-order chi connectivity index (χ1) is 15.1.